The van der Waals surface area contributed by atoms with Crippen LogP contribution in [-0.2, 0) is 0 Å². The van der Waals surface area contributed by atoms with E-state index in [-0.39, 0.29) is 18.4 Å². The quantitative estimate of drug-likeness (QED) is 0.720. The lowest BCUT2D eigenvalue weighted by Crippen LogP contribution is -2.04. The van der Waals surface area contributed by atoms with E-state index in [0.717, 1.165) is 27.0 Å². The molecular formula is C12H12ClN5S. The average Bonchev–Trinajstić information content (AvgIpc) is 2.74. The summed E-state index contributed by atoms with van der Waals surface area (Å²) in [6.45, 7) is 1.88. The number of aryl methyl sites for hydroxylation is 1. The number of anilines is 2. The topological polar surface area (TPSA) is 90.7 Å². The number of benzene rings is 1. The maximum atomic E-state index is 5.93. The Morgan fingerprint density at radius 1 is 1.16 bits per heavy atom. The number of aromatic nitrogens is 3. The standard InChI is InChI=1S/C12H11N5S.ClH/c1-6-10(11(13)17-12(14)16-6)7-2-3-8-9(4-7)18-5-15-8;/h2-5H,1H3,(H4,13,14,16,17);1H. The zero-order chi connectivity index (χ0) is 12.7. The summed E-state index contributed by atoms with van der Waals surface area (Å²) in [5, 5.41) is 0. The number of nitrogens with zero attached hydrogens (tertiary/aromatic N) is 3. The summed E-state index contributed by atoms with van der Waals surface area (Å²) < 4.78 is 1.11. The monoisotopic (exact) mass is 293 g/mol. The van der Waals surface area contributed by atoms with Crippen LogP contribution in [0.4, 0.5) is 11.8 Å². The molecule has 0 fully saturated rings. The third-order valence-electron chi connectivity index (χ3n) is 2.76. The maximum Gasteiger partial charge on any atom is 0.222 e. The normalized spacial score (nSPS) is 10.4. The first-order chi connectivity index (χ1) is 8.65. The van der Waals surface area contributed by atoms with Crippen molar-refractivity contribution >= 4 is 45.7 Å². The van der Waals surface area contributed by atoms with Crippen LogP contribution in [0.5, 0.6) is 0 Å². The van der Waals surface area contributed by atoms with Crippen LogP contribution in [0.1, 0.15) is 5.69 Å². The van der Waals surface area contributed by atoms with Gasteiger partial charge >= 0.3 is 0 Å². The van der Waals surface area contributed by atoms with Crippen LogP contribution in [0, 0.1) is 6.92 Å². The molecule has 0 unspecified atom stereocenters. The van der Waals surface area contributed by atoms with Gasteiger partial charge in [0.25, 0.3) is 0 Å². The number of nitrogens with two attached hydrogens (primary N) is 2. The van der Waals surface area contributed by atoms with E-state index < -0.39 is 0 Å². The number of fused-ring (bicyclic) bond motifs is 1. The highest BCUT2D eigenvalue weighted by Gasteiger charge is 2.11. The molecule has 98 valence electrons. The highest BCUT2D eigenvalue weighted by Crippen LogP contribution is 2.31. The van der Waals surface area contributed by atoms with Crippen LogP contribution < -0.4 is 11.5 Å². The van der Waals surface area contributed by atoms with Gasteiger partial charge in [-0.25, -0.2) is 9.97 Å². The van der Waals surface area contributed by atoms with Gasteiger partial charge in [0.1, 0.15) is 5.82 Å². The van der Waals surface area contributed by atoms with Crippen molar-refractivity contribution in [3.05, 3.63) is 29.4 Å². The van der Waals surface area contributed by atoms with Crippen LogP contribution in [0.3, 0.4) is 0 Å². The molecule has 3 rings (SSSR count). The second-order valence-electron chi connectivity index (χ2n) is 3.96. The maximum absolute atomic E-state index is 5.93. The summed E-state index contributed by atoms with van der Waals surface area (Å²) >= 11 is 1.59. The van der Waals surface area contributed by atoms with Gasteiger partial charge in [0.2, 0.25) is 5.95 Å². The van der Waals surface area contributed by atoms with Gasteiger partial charge in [-0.05, 0) is 24.6 Å². The first-order valence-corrected chi connectivity index (χ1v) is 6.26. The molecule has 0 aliphatic carbocycles. The first-order valence-electron chi connectivity index (χ1n) is 5.38. The van der Waals surface area contributed by atoms with Crippen LogP contribution >= 0.6 is 23.7 Å². The van der Waals surface area contributed by atoms with E-state index in [1.165, 1.54) is 0 Å². The molecule has 3 aromatic rings. The van der Waals surface area contributed by atoms with Crippen molar-refractivity contribution in [2.24, 2.45) is 0 Å². The number of halogens is 1. The molecular weight excluding hydrogens is 282 g/mol. The largest absolute Gasteiger partial charge is 0.383 e. The van der Waals surface area contributed by atoms with Gasteiger partial charge < -0.3 is 11.5 Å². The third-order valence-corrected chi connectivity index (χ3v) is 3.55. The van der Waals surface area contributed by atoms with E-state index in [2.05, 4.69) is 15.0 Å². The van der Waals surface area contributed by atoms with Gasteiger partial charge in [0.05, 0.1) is 21.4 Å². The Hall–Kier alpha value is -1.92. The predicted molar refractivity (Wildman–Crippen MR) is 81.5 cm³/mol. The number of hydrogen-bond acceptors (Lipinski definition) is 6. The first kappa shape index (κ1) is 13.5. The molecule has 1 aromatic carbocycles. The van der Waals surface area contributed by atoms with Crippen molar-refractivity contribution in [1.29, 1.82) is 0 Å². The summed E-state index contributed by atoms with van der Waals surface area (Å²) in [6, 6.07) is 5.99. The van der Waals surface area contributed by atoms with Gasteiger partial charge in [-0.1, -0.05) is 6.07 Å². The highest BCUT2D eigenvalue weighted by atomic mass is 35.5. The Morgan fingerprint density at radius 2 is 1.95 bits per heavy atom. The van der Waals surface area contributed by atoms with Crippen molar-refractivity contribution in [3.63, 3.8) is 0 Å². The molecule has 2 heterocycles. The average molecular weight is 294 g/mol. The Kier molecular flexibility index (Phi) is 3.55. The zero-order valence-corrected chi connectivity index (χ0v) is 11.8. The van der Waals surface area contributed by atoms with E-state index in [0.29, 0.717) is 5.82 Å². The van der Waals surface area contributed by atoms with Crippen LogP contribution in [0.15, 0.2) is 23.7 Å². The molecule has 0 aliphatic rings. The molecule has 5 nitrogen and oxygen atoms in total. The zero-order valence-electron chi connectivity index (χ0n) is 10.1. The van der Waals surface area contributed by atoms with Gasteiger partial charge in [-0.3, -0.25) is 0 Å². The summed E-state index contributed by atoms with van der Waals surface area (Å²) in [5.41, 5.74) is 16.9. The lowest BCUT2D eigenvalue weighted by atomic mass is 10.0. The lowest BCUT2D eigenvalue weighted by molar-refractivity contribution is 1.13. The molecule has 4 N–H and O–H groups in total. The van der Waals surface area contributed by atoms with Gasteiger partial charge in [0.15, 0.2) is 0 Å². The minimum Gasteiger partial charge on any atom is -0.383 e. The van der Waals surface area contributed by atoms with Crippen LogP contribution in [0.25, 0.3) is 21.3 Å². The Balaban J connectivity index is 0.00000133. The Labute approximate surface area is 120 Å². The Morgan fingerprint density at radius 3 is 2.68 bits per heavy atom. The van der Waals surface area contributed by atoms with Crippen LogP contribution in [-0.4, -0.2) is 15.0 Å². The lowest BCUT2D eigenvalue weighted by Gasteiger charge is -2.08. The van der Waals surface area contributed by atoms with Crippen molar-refractivity contribution < 1.29 is 0 Å². The molecule has 0 aliphatic heterocycles. The summed E-state index contributed by atoms with van der Waals surface area (Å²) in [6.07, 6.45) is 0. The molecule has 7 heteroatoms. The predicted octanol–water partition coefficient (Wildman–Crippen LogP) is 2.65. The van der Waals surface area contributed by atoms with E-state index in [4.69, 9.17) is 11.5 Å². The molecule has 0 saturated heterocycles. The smallest absolute Gasteiger partial charge is 0.222 e. The fraction of sp³-hybridized carbons (Fsp3) is 0.0833. The Bertz CT molecular complexity index is 717. The number of nitrogen functional groups attached to an aromatic ring is 2. The van der Waals surface area contributed by atoms with Gasteiger partial charge in [-0.15, -0.1) is 23.7 Å². The van der Waals surface area contributed by atoms with Crippen molar-refractivity contribution in [2.75, 3.05) is 11.5 Å². The number of rotatable bonds is 1. The molecule has 0 saturated carbocycles. The van der Waals surface area contributed by atoms with E-state index in [1.807, 2.05) is 30.6 Å². The molecule has 0 spiro atoms. The molecule has 0 bridgehead atoms. The minimum atomic E-state index is 0. The van der Waals surface area contributed by atoms with Crippen molar-refractivity contribution in [2.45, 2.75) is 6.92 Å². The van der Waals surface area contributed by atoms with Crippen molar-refractivity contribution in [1.82, 2.24) is 15.0 Å². The SMILES string of the molecule is Cc1nc(N)nc(N)c1-c1ccc2ncsc2c1.Cl. The summed E-state index contributed by atoms with van der Waals surface area (Å²) in [5.74, 6) is 0.608. The molecule has 0 atom stereocenters. The number of thiazole rings is 1. The second-order valence-corrected chi connectivity index (χ2v) is 4.85. The minimum absolute atomic E-state index is 0. The highest BCUT2D eigenvalue weighted by molar-refractivity contribution is 7.16. The van der Waals surface area contributed by atoms with Gasteiger partial charge in [0, 0.05) is 5.56 Å². The summed E-state index contributed by atoms with van der Waals surface area (Å²) in [7, 11) is 0. The van der Waals surface area contributed by atoms with E-state index in [9.17, 15) is 0 Å². The van der Waals surface area contributed by atoms with E-state index >= 15 is 0 Å². The molecule has 0 amide bonds. The fourth-order valence-electron chi connectivity index (χ4n) is 1.98. The number of hydrogen-bond donors (Lipinski definition) is 2. The molecule has 0 radical (unpaired) electrons. The van der Waals surface area contributed by atoms with Crippen molar-refractivity contribution in [3.8, 4) is 11.1 Å². The third kappa shape index (κ3) is 2.32. The second kappa shape index (κ2) is 4.99. The summed E-state index contributed by atoms with van der Waals surface area (Å²) in [4.78, 5) is 12.4. The van der Waals surface area contributed by atoms with E-state index in [1.54, 1.807) is 11.3 Å². The molecule has 2 aromatic heterocycles. The molecule has 19 heavy (non-hydrogen) atoms. The van der Waals surface area contributed by atoms with Crippen LogP contribution in [0.2, 0.25) is 0 Å². The van der Waals surface area contributed by atoms with Gasteiger partial charge in [-0.2, -0.15) is 4.98 Å². The fourth-order valence-corrected chi connectivity index (χ4v) is 2.70.